The minimum atomic E-state index is -1.31. The van der Waals surface area contributed by atoms with Crippen LogP contribution in [0.5, 0.6) is 0 Å². The van der Waals surface area contributed by atoms with E-state index in [1.54, 1.807) is 12.1 Å². The summed E-state index contributed by atoms with van der Waals surface area (Å²) in [5.41, 5.74) is 7.97. The Labute approximate surface area is 180 Å². The number of hydrogen-bond acceptors (Lipinski definition) is 7. The number of benzene rings is 1. The molecule has 0 saturated heterocycles. The van der Waals surface area contributed by atoms with E-state index >= 15 is 0 Å². The number of nitrogens with two attached hydrogens (primary N) is 1. The number of anilines is 2. The van der Waals surface area contributed by atoms with Gasteiger partial charge in [-0.3, -0.25) is 19.4 Å². The van der Waals surface area contributed by atoms with Gasteiger partial charge in [0.1, 0.15) is 11.7 Å². The van der Waals surface area contributed by atoms with Crippen molar-refractivity contribution in [3.05, 3.63) is 51.4 Å². The van der Waals surface area contributed by atoms with Crippen LogP contribution in [0.2, 0.25) is 0 Å². The van der Waals surface area contributed by atoms with Gasteiger partial charge in [-0.25, -0.2) is 4.79 Å². The second kappa shape index (κ2) is 9.20. The van der Waals surface area contributed by atoms with Crippen molar-refractivity contribution in [3.63, 3.8) is 0 Å². The van der Waals surface area contributed by atoms with Crippen molar-refractivity contribution in [3.8, 4) is 0 Å². The Hall–Kier alpha value is -4.35. The lowest BCUT2D eigenvalue weighted by molar-refractivity contribution is -0.140. The fourth-order valence-corrected chi connectivity index (χ4v) is 3.22. The molecule has 0 unspecified atom stereocenters. The predicted octanol–water partition coefficient (Wildman–Crippen LogP) is 0.802. The molecular formula is C20H22N6O6. The molecule has 0 bridgehead atoms. The van der Waals surface area contributed by atoms with E-state index in [-0.39, 0.29) is 29.9 Å². The molecule has 1 amide bonds. The molecule has 12 heteroatoms. The highest BCUT2D eigenvalue weighted by molar-refractivity contribution is 5.97. The molecule has 3 rings (SSSR count). The third-order valence-corrected chi connectivity index (χ3v) is 4.86. The van der Waals surface area contributed by atoms with Crippen LogP contribution in [-0.2, 0) is 16.1 Å². The van der Waals surface area contributed by atoms with Gasteiger partial charge < -0.3 is 31.6 Å². The Morgan fingerprint density at radius 2 is 1.84 bits per heavy atom. The molecule has 32 heavy (non-hydrogen) atoms. The quantitative estimate of drug-likeness (QED) is 0.250. The summed E-state index contributed by atoms with van der Waals surface area (Å²) >= 11 is 0. The molecule has 8 N–H and O–H groups in total. The largest absolute Gasteiger partial charge is 0.481 e. The van der Waals surface area contributed by atoms with Crippen molar-refractivity contribution in [1.29, 1.82) is 0 Å². The maximum Gasteiger partial charge on any atom is 0.326 e. The van der Waals surface area contributed by atoms with Crippen LogP contribution in [0.15, 0.2) is 29.1 Å². The van der Waals surface area contributed by atoms with Gasteiger partial charge in [-0.15, -0.1) is 0 Å². The molecular weight excluding hydrogens is 420 g/mol. The minimum absolute atomic E-state index is 0.0187. The van der Waals surface area contributed by atoms with Crippen molar-refractivity contribution in [2.45, 2.75) is 32.4 Å². The van der Waals surface area contributed by atoms with Gasteiger partial charge >= 0.3 is 11.9 Å². The highest BCUT2D eigenvalue weighted by Gasteiger charge is 2.21. The van der Waals surface area contributed by atoms with Gasteiger partial charge in [0.05, 0.1) is 5.39 Å². The van der Waals surface area contributed by atoms with Crippen LogP contribution in [0.25, 0.3) is 11.0 Å². The number of hydrogen-bond donors (Lipinski definition) is 7. The molecule has 1 atom stereocenters. The number of aliphatic carboxylic acids is 2. The summed E-state index contributed by atoms with van der Waals surface area (Å²) in [6.07, 6.45) is -0.599. The lowest BCUT2D eigenvalue weighted by atomic mass is 10.1. The third kappa shape index (κ3) is 5.03. The van der Waals surface area contributed by atoms with E-state index in [1.165, 1.54) is 12.1 Å². The Morgan fingerprint density at radius 3 is 2.47 bits per heavy atom. The van der Waals surface area contributed by atoms with Crippen LogP contribution in [0.1, 0.15) is 34.5 Å². The number of carboxylic acids is 2. The van der Waals surface area contributed by atoms with E-state index in [1.807, 2.05) is 6.92 Å². The summed E-state index contributed by atoms with van der Waals surface area (Å²) < 4.78 is 0. The van der Waals surface area contributed by atoms with Gasteiger partial charge in [-0.1, -0.05) is 0 Å². The molecule has 2 heterocycles. The Morgan fingerprint density at radius 1 is 1.16 bits per heavy atom. The molecule has 3 aromatic rings. The average molecular weight is 442 g/mol. The van der Waals surface area contributed by atoms with Crippen molar-refractivity contribution in [2.75, 3.05) is 11.1 Å². The van der Waals surface area contributed by atoms with Crippen molar-refractivity contribution >= 4 is 40.5 Å². The lowest BCUT2D eigenvalue weighted by Crippen LogP contribution is -2.41. The number of nitrogen functional groups attached to an aromatic ring is 1. The summed E-state index contributed by atoms with van der Waals surface area (Å²) in [5.74, 6) is -3.06. The first-order chi connectivity index (χ1) is 15.2. The van der Waals surface area contributed by atoms with Gasteiger partial charge in [0.25, 0.3) is 11.5 Å². The molecule has 1 aromatic carbocycles. The molecule has 0 aliphatic carbocycles. The van der Waals surface area contributed by atoms with Gasteiger partial charge in [0.15, 0.2) is 0 Å². The first-order valence-electron chi connectivity index (χ1n) is 9.62. The molecule has 168 valence electrons. The van der Waals surface area contributed by atoms with Crippen LogP contribution in [-0.4, -0.2) is 49.1 Å². The number of aromatic nitrogens is 3. The highest BCUT2D eigenvalue weighted by atomic mass is 16.4. The normalized spacial score (nSPS) is 11.8. The fourth-order valence-electron chi connectivity index (χ4n) is 3.22. The number of aromatic amines is 2. The van der Waals surface area contributed by atoms with Crippen LogP contribution in [0.4, 0.5) is 11.6 Å². The number of fused-ring (bicyclic) bond motifs is 1. The van der Waals surface area contributed by atoms with Crippen LogP contribution in [0, 0.1) is 6.92 Å². The topological polar surface area (TPSA) is 203 Å². The Kier molecular flexibility index (Phi) is 6.42. The zero-order valence-electron chi connectivity index (χ0n) is 17.1. The molecule has 12 nitrogen and oxygen atoms in total. The molecule has 0 fully saturated rings. The summed E-state index contributed by atoms with van der Waals surface area (Å²) in [7, 11) is 0. The zero-order valence-corrected chi connectivity index (χ0v) is 17.1. The first kappa shape index (κ1) is 22.3. The van der Waals surface area contributed by atoms with Gasteiger partial charge in [-0.05, 0) is 37.6 Å². The average Bonchev–Trinajstić information content (AvgIpc) is 3.04. The Balaban J connectivity index is 1.67. The number of carboxylic acid groups (broad SMARTS) is 2. The first-order valence-corrected chi connectivity index (χ1v) is 9.62. The molecule has 0 saturated carbocycles. The molecule has 0 spiro atoms. The molecule has 2 aromatic heterocycles. The second-order valence-electron chi connectivity index (χ2n) is 7.13. The number of carbonyl (C=O) groups is 3. The Bertz CT molecular complexity index is 1230. The lowest BCUT2D eigenvalue weighted by Gasteiger charge is -2.14. The minimum Gasteiger partial charge on any atom is -0.481 e. The molecule has 0 aliphatic heterocycles. The summed E-state index contributed by atoms with van der Waals surface area (Å²) in [6.45, 7) is 2.12. The number of aryl methyl sites for hydroxylation is 1. The standard InChI is InChI=1S/C20H22N6O6/c1-9-12(15-16(23-9)25-20(21)26-18(15)30)8-22-11-4-2-10(3-5-11)17(29)24-13(19(31)32)6-7-14(27)28/h2-5,13,22H,6-8H2,1H3,(H,24,29)(H,27,28)(H,31,32)(H4,21,23,25,26,30)/t13-/m0/s1. The maximum absolute atomic E-state index is 12.3. The van der Waals surface area contributed by atoms with E-state index in [2.05, 4.69) is 25.6 Å². The van der Waals surface area contributed by atoms with E-state index in [0.29, 0.717) is 23.3 Å². The van der Waals surface area contributed by atoms with Crippen LogP contribution >= 0.6 is 0 Å². The third-order valence-electron chi connectivity index (χ3n) is 4.86. The van der Waals surface area contributed by atoms with Crippen molar-refractivity contribution in [2.24, 2.45) is 0 Å². The molecule has 0 aliphatic rings. The number of H-pyrrole nitrogens is 2. The molecule has 0 radical (unpaired) electrons. The van der Waals surface area contributed by atoms with Gasteiger partial charge in [-0.2, -0.15) is 4.98 Å². The zero-order chi connectivity index (χ0) is 23.4. The number of rotatable bonds is 9. The van der Waals surface area contributed by atoms with Crippen LogP contribution in [0.3, 0.4) is 0 Å². The smallest absolute Gasteiger partial charge is 0.326 e. The van der Waals surface area contributed by atoms with E-state index in [4.69, 9.17) is 15.9 Å². The summed E-state index contributed by atoms with van der Waals surface area (Å²) in [6, 6.07) is 4.97. The van der Waals surface area contributed by atoms with Gasteiger partial charge in [0.2, 0.25) is 5.95 Å². The second-order valence-corrected chi connectivity index (χ2v) is 7.13. The van der Waals surface area contributed by atoms with Crippen LogP contribution < -0.4 is 21.9 Å². The van der Waals surface area contributed by atoms with Gasteiger partial charge in [0, 0.05) is 35.5 Å². The number of carbonyl (C=O) groups excluding carboxylic acids is 1. The predicted molar refractivity (Wildman–Crippen MR) is 115 cm³/mol. The fraction of sp³-hybridized carbons (Fsp3) is 0.250. The van der Waals surface area contributed by atoms with E-state index in [0.717, 1.165) is 11.3 Å². The SMILES string of the molecule is Cc1[nH]c2nc(N)[nH]c(=O)c2c1CNc1ccc(C(=O)N[C@@H](CCC(=O)O)C(=O)O)cc1. The number of nitrogens with zero attached hydrogens (tertiary/aromatic N) is 1. The van der Waals surface area contributed by atoms with E-state index in [9.17, 15) is 19.2 Å². The summed E-state index contributed by atoms with van der Waals surface area (Å²) in [4.78, 5) is 56.0. The van der Waals surface area contributed by atoms with Crippen molar-refractivity contribution < 1.29 is 24.6 Å². The summed E-state index contributed by atoms with van der Waals surface area (Å²) in [5, 5.41) is 23.7. The van der Waals surface area contributed by atoms with Crippen molar-refractivity contribution in [1.82, 2.24) is 20.3 Å². The number of amides is 1. The number of nitrogens with one attached hydrogen (secondary N) is 4. The van der Waals surface area contributed by atoms with E-state index < -0.39 is 23.9 Å². The maximum atomic E-state index is 12.3. The highest BCUT2D eigenvalue weighted by Crippen LogP contribution is 2.19. The monoisotopic (exact) mass is 442 g/mol.